The quantitative estimate of drug-likeness (QED) is 0.562. The summed E-state index contributed by atoms with van der Waals surface area (Å²) in [6.45, 7) is 0. The fourth-order valence-electron chi connectivity index (χ4n) is 2.42. The zero-order valence-corrected chi connectivity index (χ0v) is 14.6. The van der Waals surface area contributed by atoms with Crippen molar-refractivity contribution in [2.45, 2.75) is 0 Å². The van der Waals surface area contributed by atoms with Gasteiger partial charge in [-0.05, 0) is 36.4 Å². The van der Waals surface area contributed by atoms with Crippen molar-refractivity contribution < 1.29 is 4.42 Å². The Labute approximate surface area is 157 Å². The molecule has 4 aromatic rings. The Kier molecular flexibility index (Phi) is 4.31. The van der Waals surface area contributed by atoms with E-state index in [2.05, 4.69) is 20.3 Å². The number of halogens is 1. The second kappa shape index (κ2) is 6.93. The number of hydrogen-bond acceptors (Lipinski definition) is 6. The molecule has 1 aromatic carbocycles. The van der Waals surface area contributed by atoms with E-state index in [9.17, 15) is 4.79 Å². The maximum absolute atomic E-state index is 12.3. The first-order chi connectivity index (χ1) is 13.1. The number of aromatic amines is 1. The van der Waals surface area contributed by atoms with E-state index in [1.54, 1.807) is 36.4 Å². The lowest BCUT2D eigenvalue weighted by Gasteiger charge is -2.01. The molecule has 3 aromatic heterocycles. The van der Waals surface area contributed by atoms with E-state index in [1.165, 1.54) is 17.0 Å². The van der Waals surface area contributed by atoms with Crippen LogP contribution >= 0.6 is 11.6 Å². The second-order valence-corrected chi connectivity index (χ2v) is 6.02. The third-order valence-corrected chi connectivity index (χ3v) is 3.99. The van der Waals surface area contributed by atoms with Gasteiger partial charge in [0.2, 0.25) is 0 Å². The molecule has 0 spiro atoms. The molecule has 4 rings (SSSR count). The Balaban J connectivity index is 1.65. The molecule has 0 aliphatic carbocycles. The van der Waals surface area contributed by atoms with Crippen LogP contribution in [0, 0.1) is 0 Å². The Morgan fingerprint density at radius 2 is 1.96 bits per heavy atom. The first-order valence-corrected chi connectivity index (χ1v) is 8.28. The zero-order chi connectivity index (χ0) is 18.8. The Morgan fingerprint density at radius 3 is 2.67 bits per heavy atom. The Morgan fingerprint density at radius 1 is 1.15 bits per heavy atom. The molecule has 0 radical (unpaired) electrons. The molecular weight excluding hydrogens is 368 g/mol. The van der Waals surface area contributed by atoms with Crippen LogP contribution in [0.2, 0.25) is 5.02 Å². The van der Waals surface area contributed by atoms with E-state index in [1.807, 2.05) is 12.1 Å². The average molecular weight is 381 g/mol. The summed E-state index contributed by atoms with van der Waals surface area (Å²) >= 11 is 5.90. The summed E-state index contributed by atoms with van der Waals surface area (Å²) < 4.78 is 6.49. The third-order valence-electron chi connectivity index (χ3n) is 3.74. The number of aromatic nitrogens is 5. The van der Waals surface area contributed by atoms with Crippen molar-refractivity contribution in [1.82, 2.24) is 25.0 Å². The molecule has 0 saturated carbocycles. The van der Waals surface area contributed by atoms with Crippen LogP contribution in [-0.4, -0.2) is 25.0 Å². The number of rotatable bonds is 4. The predicted octanol–water partition coefficient (Wildman–Crippen LogP) is 3.02. The molecule has 0 saturated heterocycles. The van der Waals surface area contributed by atoms with Crippen molar-refractivity contribution in [1.29, 1.82) is 0 Å². The summed E-state index contributed by atoms with van der Waals surface area (Å²) in [6, 6.07) is 12.3. The lowest BCUT2D eigenvalue weighted by atomic mass is 10.1. The highest BCUT2D eigenvalue weighted by Gasteiger charge is 2.12. The van der Waals surface area contributed by atoms with Gasteiger partial charge in [-0.1, -0.05) is 23.7 Å². The van der Waals surface area contributed by atoms with Crippen LogP contribution in [0.25, 0.3) is 29.4 Å². The summed E-state index contributed by atoms with van der Waals surface area (Å²) in [4.78, 5) is 14.9. The molecular formula is C18H13ClN6O2. The molecule has 0 unspecified atom stereocenters. The summed E-state index contributed by atoms with van der Waals surface area (Å²) in [7, 11) is 0. The van der Waals surface area contributed by atoms with Gasteiger partial charge in [-0.3, -0.25) is 9.78 Å². The number of hydrogen-bond donors (Lipinski definition) is 2. The summed E-state index contributed by atoms with van der Waals surface area (Å²) in [5, 5.41) is 12.9. The van der Waals surface area contributed by atoms with Gasteiger partial charge in [0.15, 0.2) is 5.69 Å². The monoisotopic (exact) mass is 380 g/mol. The summed E-state index contributed by atoms with van der Waals surface area (Å²) in [6.07, 6.45) is 4.68. The van der Waals surface area contributed by atoms with E-state index in [4.69, 9.17) is 21.8 Å². The van der Waals surface area contributed by atoms with Crippen molar-refractivity contribution in [2.75, 3.05) is 5.73 Å². The van der Waals surface area contributed by atoms with Crippen molar-refractivity contribution in [3.05, 3.63) is 75.6 Å². The van der Waals surface area contributed by atoms with Crippen molar-refractivity contribution in [3.63, 3.8) is 0 Å². The van der Waals surface area contributed by atoms with Gasteiger partial charge in [-0.2, -0.15) is 9.78 Å². The van der Waals surface area contributed by atoms with Gasteiger partial charge in [-0.15, -0.1) is 10.2 Å². The van der Waals surface area contributed by atoms with Crippen LogP contribution in [0.3, 0.4) is 0 Å². The van der Waals surface area contributed by atoms with E-state index >= 15 is 0 Å². The fraction of sp³-hybridized carbons (Fsp3) is 0. The highest BCUT2D eigenvalue weighted by Crippen LogP contribution is 2.23. The number of H-pyrrole nitrogens is 1. The van der Waals surface area contributed by atoms with Crippen molar-refractivity contribution >= 4 is 29.6 Å². The van der Waals surface area contributed by atoms with E-state index in [-0.39, 0.29) is 11.6 Å². The van der Waals surface area contributed by atoms with Crippen LogP contribution in [-0.2, 0) is 0 Å². The van der Waals surface area contributed by atoms with Gasteiger partial charge in [-0.25, -0.2) is 0 Å². The number of anilines is 1. The van der Waals surface area contributed by atoms with E-state index in [0.29, 0.717) is 22.3 Å². The van der Waals surface area contributed by atoms with Crippen molar-refractivity contribution in [2.24, 2.45) is 0 Å². The van der Waals surface area contributed by atoms with Gasteiger partial charge in [0, 0.05) is 16.7 Å². The van der Waals surface area contributed by atoms with Crippen LogP contribution < -0.4 is 11.3 Å². The smallest absolute Gasteiger partial charge is 0.278 e. The molecule has 0 bridgehead atoms. The molecule has 0 aliphatic rings. The maximum atomic E-state index is 12.3. The van der Waals surface area contributed by atoms with Gasteiger partial charge in [0.05, 0.1) is 12.0 Å². The first kappa shape index (κ1) is 16.8. The second-order valence-electron chi connectivity index (χ2n) is 5.58. The van der Waals surface area contributed by atoms with Crippen molar-refractivity contribution in [3.8, 4) is 17.2 Å². The molecule has 3 heterocycles. The number of furan rings is 1. The molecule has 3 N–H and O–H groups in total. The van der Waals surface area contributed by atoms with Gasteiger partial charge >= 0.3 is 0 Å². The van der Waals surface area contributed by atoms with Gasteiger partial charge < -0.3 is 10.2 Å². The normalized spacial score (nSPS) is 11.3. The maximum Gasteiger partial charge on any atom is 0.278 e. The summed E-state index contributed by atoms with van der Waals surface area (Å²) in [5.41, 5.74) is 7.17. The van der Waals surface area contributed by atoms with Crippen LogP contribution in [0.15, 0.2) is 57.9 Å². The highest BCUT2D eigenvalue weighted by molar-refractivity contribution is 6.30. The standard InChI is InChI=1S/C18H13ClN6O2/c19-12-5-3-11(4-6-12)15-10-16(20)25(24-15)18-21-17(26)14(22-23-18)8-7-13-2-1-9-27-13/h1-10H,20H2,(H,21,23,26)/b8-7+. The molecule has 0 amide bonds. The largest absolute Gasteiger partial charge is 0.465 e. The number of nitrogens with zero attached hydrogens (tertiary/aromatic N) is 4. The first-order valence-electron chi connectivity index (χ1n) is 7.90. The Hall–Kier alpha value is -3.65. The van der Waals surface area contributed by atoms with E-state index < -0.39 is 5.56 Å². The molecule has 8 nitrogen and oxygen atoms in total. The number of nitrogen functional groups attached to an aromatic ring is 1. The van der Waals surface area contributed by atoms with Crippen LogP contribution in [0.5, 0.6) is 0 Å². The fourth-order valence-corrected chi connectivity index (χ4v) is 2.54. The molecule has 0 aliphatic heterocycles. The molecule has 9 heteroatoms. The minimum Gasteiger partial charge on any atom is -0.465 e. The molecule has 27 heavy (non-hydrogen) atoms. The molecule has 0 fully saturated rings. The van der Waals surface area contributed by atoms with Crippen LogP contribution in [0.1, 0.15) is 11.5 Å². The van der Waals surface area contributed by atoms with E-state index in [0.717, 1.165) is 5.56 Å². The average Bonchev–Trinajstić information content (AvgIpc) is 3.31. The minimum atomic E-state index is -0.425. The lowest BCUT2D eigenvalue weighted by molar-refractivity contribution is 0.557. The minimum absolute atomic E-state index is 0.118. The predicted molar refractivity (Wildman–Crippen MR) is 102 cm³/mol. The van der Waals surface area contributed by atoms with Gasteiger partial charge in [0.25, 0.3) is 11.5 Å². The number of benzene rings is 1. The topological polar surface area (TPSA) is 116 Å². The zero-order valence-electron chi connectivity index (χ0n) is 13.8. The van der Waals surface area contributed by atoms with Crippen LogP contribution in [0.4, 0.5) is 5.82 Å². The highest BCUT2D eigenvalue weighted by atomic mass is 35.5. The summed E-state index contributed by atoms with van der Waals surface area (Å²) in [5.74, 6) is 1.03. The molecule has 134 valence electrons. The Bertz CT molecular complexity index is 1160. The molecule has 0 atom stereocenters. The number of nitrogens with one attached hydrogen (secondary N) is 1. The number of nitrogens with two attached hydrogens (primary N) is 1. The lowest BCUT2D eigenvalue weighted by Crippen LogP contribution is -2.19. The third kappa shape index (κ3) is 3.51. The SMILES string of the molecule is Nc1cc(-c2ccc(Cl)cc2)nn1-c1nnc(/C=C/c2ccco2)c(=O)[nH]1. The van der Waals surface area contributed by atoms with Gasteiger partial charge in [0.1, 0.15) is 11.6 Å².